The smallest absolute Gasteiger partial charge is 0.222 e. The van der Waals surface area contributed by atoms with Crippen molar-refractivity contribution in [2.24, 2.45) is 5.92 Å². The Bertz CT molecular complexity index is 464. The zero-order chi connectivity index (χ0) is 15.8. The van der Waals surface area contributed by atoms with E-state index in [9.17, 15) is 9.18 Å². The monoisotopic (exact) mass is 344 g/mol. The quantitative estimate of drug-likeness (QED) is 0.827. The fourth-order valence-electron chi connectivity index (χ4n) is 2.64. The van der Waals surface area contributed by atoms with Crippen molar-refractivity contribution in [3.05, 3.63) is 30.1 Å². The van der Waals surface area contributed by atoms with Crippen LogP contribution >= 0.6 is 12.4 Å². The van der Waals surface area contributed by atoms with Crippen LogP contribution in [0.4, 0.5) is 4.39 Å². The zero-order valence-corrected chi connectivity index (χ0v) is 14.4. The highest BCUT2D eigenvalue weighted by Crippen LogP contribution is 2.18. The number of halogens is 2. The fourth-order valence-corrected chi connectivity index (χ4v) is 2.64. The third-order valence-electron chi connectivity index (χ3n) is 4.16. The highest BCUT2D eigenvalue weighted by atomic mass is 35.5. The molecule has 0 spiro atoms. The topological polar surface area (TPSA) is 41.6 Å². The van der Waals surface area contributed by atoms with Gasteiger partial charge < -0.3 is 15.0 Å². The van der Waals surface area contributed by atoms with Crippen LogP contribution in [0.3, 0.4) is 0 Å². The number of ether oxygens (including phenoxy) is 1. The van der Waals surface area contributed by atoms with Crippen molar-refractivity contribution in [3.63, 3.8) is 0 Å². The Balaban J connectivity index is 0.00000264. The fraction of sp³-hybridized carbons (Fsp3) is 0.588. The second-order valence-corrected chi connectivity index (χ2v) is 5.85. The first-order chi connectivity index (χ1) is 10.6. The minimum Gasteiger partial charge on any atom is -0.492 e. The molecule has 1 N–H and O–H groups in total. The Hall–Kier alpha value is -1.33. The number of nitrogens with one attached hydrogen (secondary N) is 1. The Morgan fingerprint density at radius 3 is 2.61 bits per heavy atom. The van der Waals surface area contributed by atoms with Crippen LogP contribution in [0, 0.1) is 11.7 Å². The third kappa shape index (κ3) is 7.18. The molecule has 1 saturated heterocycles. The summed E-state index contributed by atoms with van der Waals surface area (Å²) in [5.41, 5.74) is 0. The Kier molecular flexibility index (Phi) is 8.95. The van der Waals surface area contributed by atoms with Crippen LogP contribution in [0.15, 0.2) is 24.3 Å². The van der Waals surface area contributed by atoms with Gasteiger partial charge in [-0.25, -0.2) is 4.39 Å². The first kappa shape index (κ1) is 19.7. The molecule has 1 amide bonds. The molecule has 0 unspecified atom stereocenters. The molecule has 1 fully saturated rings. The van der Waals surface area contributed by atoms with Gasteiger partial charge in [0.15, 0.2) is 0 Å². The number of benzene rings is 1. The molecule has 0 aromatic heterocycles. The van der Waals surface area contributed by atoms with Crippen LogP contribution in [-0.4, -0.2) is 44.1 Å². The second-order valence-electron chi connectivity index (χ2n) is 5.85. The van der Waals surface area contributed by atoms with Crippen molar-refractivity contribution in [3.8, 4) is 5.75 Å². The largest absolute Gasteiger partial charge is 0.492 e. The van der Waals surface area contributed by atoms with Gasteiger partial charge in [-0.2, -0.15) is 0 Å². The number of hydrogen-bond donors (Lipinski definition) is 1. The van der Waals surface area contributed by atoms with E-state index in [1.165, 1.54) is 25.0 Å². The lowest BCUT2D eigenvalue weighted by Crippen LogP contribution is -2.32. The van der Waals surface area contributed by atoms with Crippen molar-refractivity contribution in [2.45, 2.75) is 25.7 Å². The average Bonchev–Trinajstić information content (AvgIpc) is 2.55. The molecule has 0 bridgehead atoms. The molecule has 130 valence electrons. The highest BCUT2D eigenvalue weighted by molar-refractivity contribution is 5.85. The van der Waals surface area contributed by atoms with Gasteiger partial charge in [-0.1, -0.05) is 0 Å². The van der Waals surface area contributed by atoms with Crippen molar-refractivity contribution in [1.29, 1.82) is 0 Å². The Labute approximate surface area is 143 Å². The maximum absolute atomic E-state index is 12.8. The summed E-state index contributed by atoms with van der Waals surface area (Å²) in [5.74, 6) is 1.19. The van der Waals surface area contributed by atoms with E-state index in [1.807, 2.05) is 0 Å². The average molecular weight is 345 g/mol. The van der Waals surface area contributed by atoms with Gasteiger partial charge in [-0.05, 0) is 62.5 Å². The summed E-state index contributed by atoms with van der Waals surface area (Å²) in [6.45, 7) is 3.10. The van der Waals surface area contributed by atoms with Crippen LogP contribution in [-0.2, 0) is 4.79 Å². The number of hydrogen-bond acceptors (Lipinski definition) is 3. The molecule has 1 aromatic rings. The first-order valence-electron chi connectivity index (χ1n) is 7.98. The van der Waals surface area contributed by atoms with Gasteiger partial charge in [0.1, 0.15) is 18.2 Å². The summed E-state index contributed by atoms with van der Waals surface area (Å²) >= 11 is 0. The summed E-state index contributed by atoms with van der Waals surface area (Å²) in [6, 6.07) is 5.91. The van der Waals surface area contributed by atoms with Gasteiger partial charge in [-0.3, -0.25) is 4.79 Å². The van der Waals surface area contributed by atoms with Crippen molar-refractivity contribution >= 4 is 18.3 Å². The minimum absolute atomic E-state index is 0. The lowest BCUT2D eigenvalue weighted by atomic mass is 9.93. The minimum atomic E-state index is -0.280. The van der Waals surface area contributed by atoms with E-state index in [0.29, 0.717) is 31.2 Å². The van der Waals surface area contributed by atoms with E-state index >= 15 is 0 Å². The third-order valence-corrected chi connectivity index (χ3v) is 4.16. The maximum atomic E-state index is 12.8. The lowest BCUT2D eigenvalue weighted by Gasteiger charge is -2.23. The number of amides is 1. The van der Waals surface area contributed by atoms with Gasteiger partial charge in [0, 0.05) is 13.5 Å². The molecule has 2 rings (SSSR count). The van der Waals surface area contributed by atoms with Crippen molar-refractivity contribution in [1.82, 2.24) is 10.2 Å². The van der Waals surface area contributed by atoms with E-state index in [2.05, 4.69) is 5.32 Å². The number of nitrogens with zero attached hydrogens (tertiary/aromatic N) is 1. The summed E-state index contributed by atoms with van der Waals surface area (Å²) in [7, 11) is 1.80. The predicted molar refractivity (Wildman–Crippen MR) is 91.6 cm³/mol. The molecule has 23 heavy (non-hydrogen) atoms. The summed E-state index contributed by atoms with van der Waals surface area (Å²) < 4.78 is 18.3. The van der Waals surface area contributed by atoms with E-state index in [-0.39, 0.29) is 24.1 Å². The molecular weight excluding hydrogens is 319 g/mol. The van der Waals surface area contributed by atoms with E-state index in [4.69, 9.17) is 4.74 Å². The second kappa shape index (κ2) is 10.4. The normalized spacial score (nSPS) is 14.9. The Morgan fingerprint density at radius 1 is 1.30 bits per heavy atom. The van der Waals surface area contributed by atoms with Crippen LogP contribution in [0.1, 0.15) is 25.7 Å². The summed E-state index contributed by atoms with van der Waals surface area (Å²) in [6.07, 6.45) is 3.93. The van der Waals surface area contributed by atoms with E-state index in [1.54, 1.807) is 24.1 Å². The summed E-state index contributed by atoms with van der Waals surface area (Å²) in [4.78, 5) is 13.8. The molecule has 1 aliphatic rings. The number of rotatable bonds is 7. The molecule has 0 aliphatic carbocycles. The number of carbonyl (C=O) groups excluding carboxylic acids is 1. The van der Waals surface area contributed by atoms with Crippen molar-refractivity contribution < 1.29 is 13.9 Å². The Morgan fingerprint density at radius 2 is 1.96 bits per heavy atom. The highest BCUT2D eigenvalue weighted by Gasteiger charge is 2.16. The molecular formula is C17H26ClFN2O2. The van der Waals surface area contributed by atoms with Crippen molar-refractivity contribution in [2.75, 3.05) is 33.3 Å². The lowest BCUT2D eigenvalue weighted by molar-refractivity contribution is -0.130. The van der Waals surface area contributed by atoms with E-state index < -0.39 is 0 Å². The van der Waals surface area contributed by atoms with Crippen LogP contribution in [0.5, 0.6) is 5.75 Å². The van der Waals surface area contributed by atoms with Crippen LogP contribution in [0.25, 0.3) is 0 Å². The van der Waals surface area contributed by atoms with E-state index in [0.717, 1.165) is 19.5 Å². The molecule has 6 heteroatoms. The van der Waals surface area contributed by atoms with Crippen LogP contribution < -0.4 is 10.1 Å². The molecule has 0 radical (unpaired) electrons. The predicted octanol–water partition coefficient (Wildman–Crippen LogP) is 2.86. The van der Waals surface area contributed by atoms with Gasteiger partial charge in [-0.15, -0.1) is 12.4 Å². The summed E-state index contributed by atoms with van der Waals surface area (Å²) in [5, 5.41) is 3.34. The molecule has 0 saturated carbocycles. The first-order valence-corrected chi connectivity index (χ1v) is 7.98. The number of likely N-dealkylation sites (N-methyl/N-ethyl adjacent to an activating group) is 1. The molecule has 4 nitrogen and oxygen atoms in total. The zero-order valence-electron chi connectivity index (χ0n) is 13.6. The maximum Gasteiger partial charge on any atom is 0.222 e. The molecule has 1 heterocycles. The van der Waals surface area contributed by atoms with Crippen LogP contribution in [0.2, 0.25) is 0 Å². The number of carbonyl (C=O) groups is 1. The van der Waals surface area contributed by atoms with Gasteiger partial charge in [0.25, 0.3) is 0 Å². The SMILES string of the molecule is CN(CCOc1ccc(F)cc1)C(=O)CCC1CCNCC1.Cl. The van der Waals surface area contributed by atoms with Gasteiger partial charge in [0.05, 0.1) is 6.54 Å². The molecule has 1 aromatic carbocycles. The van der Waals surface area contributed by atoms with Gasteiger partial charge in [0.2, 0.25) is 5.91 Å². The molecule has 1 aliphatic heterocycles. The van der Waals surface area contributed by atoms with Gasteiger partial charge >= 0.3 is 0 Å². The molecule has 0 atom stereocenters. The number of piperidine rings is 1. The standard InChI is InChI=1S/C17H25FN2O2.ClH/c1-20(12-13-22-16-5-3-15(18)4-6-16)17(21)7-2-14-8-10-19-11-9-14;/h3-6,14,19H,2,7-13H2,1H3;1H.